The molecule has 3 aromatic rings. The van der Waals surface area contributed by atoms with Gasteiger partial charge in [0, 0.05) is 4.47 Å². The van der Waals surface area contributed by atoms with E-state index in [1.165, 1.54) is 4.90 Å². The molecule has 3 aromatic carbocycles. The minimum Gasteiger partial charge on any atom is -0.489 e. The number of hydrogen-bond donors (Lipinski definition) is 1. The first kappa shape index (κ1) is 23.2. The van der Waals surface area contributed by atoms with Gasteiger partial charge < -0.3 is 9.84 Å². The number of benzene rings is 3. The van der Waals surface area contributed by atoms with E-state index in [4.69, 9.17) is 17.0 Å². The van der Waals surface area contributed by atoms with E-state index in [1.807, 2.05) is 48.5 Å². The maximum Gasteiger partial charge on any atom is 0.331 e. The van der Waals surface area contributed by atoms with Crippen molar-refractivity contribution in [1.29, 1.82) is 0 Å². The number of carbonyl (C=O) groups is 2. The monoisotopic (exact) mass is 539 g/mol. The van der Waals surface area contributed by atoms with Crippen molar-refractivity contribution in [2.75, 3.05) is 0 Å². The summed E-state index contributed by atoms with van der Waals surface area (Å²) in [5.41, 5.74) is 2.34. The average Bonchev–Trinajstić information content (AvgIpc) is 3.08. The van der Waals surface area contributed by atoms with Crippen molar-refractivity contribution < 1.29 is 19.4 Å². The second kappa shape index (κ2) is 10.3. The molecule has 4 rings (SSSR count). The summed E-state index contributed by atoms with van der Waals surface area (Å²) < 4.78 is 7.05. The largest absolute Gasteiger partial charge is 0.489 e. The molecule has 1 amide bonds. The van der Waals surface area contributed by atoms with Crippen molar-refractivity contribution in [2.24, 2.45) is 0 Å². The molecule has 0 aromatic heterocycles. The highest BCUT2D eigenvalue weighted by molar-refractivity contribution is 9.10. The van der Waals surface area contributed by atoms with Crippen molar-refractivity contribution in [1.82, 2.24) is 4.90 Å². The first-order valence-corrected chi connectivity index (χ1v) is 12.0. The molecule has 1 atom stereocenters. The Kier molecular flexibility index (Phi) is 7.27. The lowest BCUT2D eigenvalue weighted by Gasteiger charge is -2.23. The molecule has 8 heteroatoms. The molecule has 0 aliphatic carbocycles. The lowest BCUT2D eigenvalue weighted by molar-refractivity contribution is -0.145. The average molecular weight is 540 g/mol. The van der Waals surface area contributed by atoms with Gasteiger partial charge in [-0.3, -0.25) is 9.69 Å². The summed E-state index contributed by atoms with van der Waals surface area (Å²) in [4.78, 5) is 26.6. The molecule has 1 N–H and O–H groups in total. The molecule has 1 aliphatic rings. The molecular weight excluding hydrogens is 522 g/mol. The third-order valence-corrected chi connectivity index (χ3v) is 6.79. The fourth-order valence-electron chi connectivity index (χ4n) is 3.30. The lowest BCUT2D eigenvalue weighted by Crippen LogP contribution is -2.37. The lowest BCUT2D eigenvalue weighted by atomic mass is 10.1. The van der Waals surface area contributed by atoms with Crippen LogP contribution in [0.5, 0.6) is 5.75 Å². The predicted molar refractivity (Wildman–Crippen MR) is 137 cm³/mol. The minimum atomic E-state index is -1.17. The van der Waals surface area contributed by atoms with E-state index in [1.54, 1.807) is 36.4 Å². The van der Waals surface area contributed by atoms with E-state index in [9.17, 15) is 14.7 Å². The van der Waals surface area contributed by atoms with Crippen molar-refractivity contribution in [2.45, 2.75) is 12.6 Å². The number of thioether (sulfide) groups is 1. The summed E-state index contributed by atoms with van der Waals surface area (Å²) >= 11 is 9.87. The van der Waals surface area contributed by atoms with Crippen LogP contribution >= 0.6 is 39.9 Å². The van der Waals surface area contributed by atoms with Crippen molar-refractivity contribution in [3.63, 3.8) is 0 Å². The van der Waals surface area contributed by atoms with Crippen molar-refractivity contribution >= 4 is 62.2 Å². The van der Waals surface area contributed by atoms with Gasteiger partial charge in [-0.2, -0.15) is 0 Å². The first-order chi connectivity index (χ1) is 15.9. The number of halogens is 1. The van der Waals surface area contributed by atoms with Crippen LogP contribution in [0, 0.1) is 0 Å². The second-order valence-corrected chi connectivity index (χ2v) is 9.78. The topological polar surface area (TPSA) is 66.8 Å². The summed E-state index contributed by atoms with van der Waals surface area (Å²) in [6, 6.07) is 22.7. The second-order valence-electron chi connectivity index (χ2n) is 7.19. The van der Waals surface area contributed by atoms with Gasteiger partial charge >= 0.3 is 5.97 Å². The number of nitrogens with zero attached hydrogens (tertiary/aromatic N) is 1. The van der Waals surface area contributed by atoms with Crippen molar-refractivity contribution in [3.8, 4) is 5.75 Å². The Morgan fingerprint density at radius 2 is 1.73 bits per heavy atom. The number of carboxylic acids is 1. The molecule has 1 aliphatic heterocycles. The molecule has 0 radical (unpaired) electrons. The Balaban J connectivity index is 1.47. The molecule has 33 heavy (non-hydrogen) atoms. The van der Waals surface area contributed by atoms with Gasteiger partial charge in [0.05, 0.1) is 4.91 Å². The summed E-state index contributed by atoms with van der Waals surface area (Å²) in [6.07, 6.45) is 1.71. The third-order valence-electron chi connectivity index (χ3n) is 4.93. The van der Waals surface area contributed by atoms with Crippen LogP contribution in [0.4, 0.5) is 0 Å². The zero-order valence-electron chi connectivity index (χ0n) is 17.2. The van der Waals surface area contributed by atoms with E-state index in [0.717, 1.165) is 27.4 Å². The van der Waals surface area contributed by atoms with Crippen LogP contribution < -0.4 is 4.74 Å². The van der Waals surface area contributed by atoms with Crippen LogP contribution in [0.25, 0.3) is 6.08 Å². The number of aliphatic carboxylic acids is 1. The van der Waals surface area contributed by atoms with Gasteiger partial charge in [-0.05, 0) is 47.0 Å². The van der Waals surface area contributed by atoms with E-state index in [2.05, 4.69) is 15.9 Å². The Hall–Kier alpha value is -2.94. The zero-order valence-corrected chi connectivity index (χ0v) is 20.4. The number of rotatable bonds is 7. The quantitative estimate of drug-likeness (QED) is 0.291. The number of amides is 1. The Morgan fingerprint density at radius 1 is 1.06 bits per heavy atom. The molecule has 1 heterocycles. The highest BCUT2D eigenvalue weighted by Crippen LogP contribution is 2.38. The van der Waals surface area contributed by atoms with Crippen LogP contribution in [0.2, 0.25) is 0 Å². The van der Waals surface area contributed by atoms with Crippen LogP contribution in [-0.2, 0) is 16.2 Å². The fourth-order valence-corrected chi connectivity index (χ4v) is 4.88. The Labute approximate surface area is 209 Å². The zero-order chi connectivity index (χ0) is 23.4. The third kappa shape index (κ3) is 5.52. The van der Waals surface area contributed by atoms with Crippen molar-refractivity contribution in [3.05, 3.63) is 105 Å². The number of hydrogen-bond acceptors (Lipinski definition) is 5. The van der Waals surface area contributed by atoms with Crippen LogP contribution in [-0.4, -0.2) is 26.2 Å². The highest BCUT2D eigenvalue weighted by Gasteiger charge is 2.41. The van der Waals surface area contributed by atoms with E-state index in [-0.39, 0.29) is 4.32 Å². The van der Waals surface area contributed by atoms with Crippen LogP contribution in [0.1, 0.15) is 22.7 Å². The molecule has 166 valence electrons. The van der Waals surface area contributed by atoms with Gasteiger partial charge in [-0.1, -0.05) is 94.5 Å². The fraction of sp³-hybridized carbons (Fsp3) is 0.0800. The van der Waals surface area contributed by atoms with Gasteiger partial charge in [0.1, 0.15) is 16.7 Å². The Morgan fingerprint density at radius 3 is 2.36 bits per heavy atom. The summed E-state index contributed by atoms with van der Waals surface area (Å²) in [5.74, 6) is -0.847. The van der Waals surface area contributed by atoms with Gasteiger partial charge in [0.25, 0.3) is 5.91 Å². The van der Waals surface area contributed by atoms with Gasteiger partial charge in [0.15, 0.2) is 6.04 Å². The smallest absolute Gasteiger partial charge is 0.331 e. The molecule has 1 saturated heterocycles. The number of carbonyl (C=O) groups excluding carboxylic acids is 1. The molecule has 0 bridgehead atoms. The standard InChI is InChI=1S/C25H18BrNO4S2/c26-19-10-6-17(7-11-19)15-31-20-12-8-16(9-13-20)14-21-23(28)27(25(32)33-21)22(24(29)30)18-4-2-1-3-5-18/h1-14,22H,15H2,(H,29,30)/b21-14+. The maximum atomic E-state index is 13.0. The molecule has 1 unspecified atom stereocenters. The Bertz CT molecular complexity index is 1210. The molecule has 1 fully saturated rings. The highest BCUT2D eigenvalue weighted by atomic mass is 79.9. The predicted octanol–water partition coefficient (Wildman–Crippen LogP) is 6.06. The van der Waals surface area contributed by atoms with Crippen LogP contribution in [0.3, 0.4) is 0 Å². The molecule has 5 nitrogen and oxygen atoms in total. The van der Waals surface area contributed by atoms with Gasteiger partial charge in [-0.25, -0.2) is 4.79 Å². The first-order valence-electron chi connectivity index (χ1n) is 9.94. The maximum absolute atomic E-state index is 13.0. The molecular formula is C25H18BrNO4S2. The summed E-state index contributed by atoms with van der Waals surface area (Å²) in [7, 11) is 0. The SMILES string of the molecule is O=C(O)C(c1ccccc1)N1C(=O)/C(=C\c2ccc(OCc3ccc(Br)cc3)cc2)SC1=S. The number of ether oxygens (including phenoxy) is 1. The van der Waals surface area contributed by atoms with Crippen LogP contribution in [0.15, 0.2) is 88.2 Å². The number of carboxylic acid groups (broad SMARTS) is 1. The van der Waals surface area contributed by atoms with Gasteiger partial charge in [0.2, 0.25) is 0 Å². The normalized spacial score (nSPS) is 15.7. The minimum absolute atomic E-state index is 0.219. The van der Waals surface area contributed by atoms with Gasteiger partial charge in [-0.15, -0.1) is 0 Å². The van der Waals surface area contributed by atoms with E-state index >= 15 is 0 Å². The molecule has 0 spiro atoms. The molecule has 0 saturated carbocycles. The van der Waals surface area contributed by atoms with E-state index in [0.29, 0.717) is 22.8 Å². The van der Waals surface area contributed by atoms with E-state index < -0.39 is 17.9 Å². The summed E-state index contributed by atoms with van der Waals surface area (Å²) in [5, 5.41) is 9.78. The summed E-state index contributed by atoms with van der Waals surface area (Å²) in [6.45, 7) is 0.446. The number of thiocarbonyl (C=S) groups is 1.